The Morgan fingerprint density at radius 2 is 1.36 bits per heavy atom. The fourth-order valence-electron chi connectivity index (χ4n) is 1.61. The molecule has 2 nitrogen and oxygen atoms in total. The quantitative estimate of drug-likeness (QED) is 0.535. The molecule has 2 N–H and O–H groups in total. The molecule has 86 valence electrons. The second kappa shape index (κ2) is 11.0. The first-order chi connectivity index (χ1) is 6.81. The van der Waals surface area contributed by atoms with E-state index in [-0.39, 0.29) is 6.61 Å². The predicted molar refractivity (Wildman–Crippen MR) is 60.3 cm³/mol. The third-order valence-electron chi connectivity index (χ3n) is 2.60. The third kappa shape index (κ3) is 10.0. The minimum atomic E-state index is -0.491. The Bertz CT molecular complexity index is 104. The molecule has 0 saturated heterocycles. The number of aliphatic hydroxyl groups is 2. The van der Waals surface area contributed by atoms with Crippen LogP contribution >= 0.6 is 0 Å². The molecule has 2 heteroatoms. The van der Waals surface area contributed by atoms with Crippen LogP contribution in [0.3, 0.4) is 0 Å². The van der Waals surface area contributed by atoms with E-state index in [1.165, 1.54) is 44.9 Å². The Kier molecular flexibility index (Phi) is 10.9. The molecule has 0 aromatic rings. The van der Waals surface area contributed by atoms with E-state index in [4.69, 9.17) is 10.2 Å². The van der Waals surface area contributed by atoms with E-state index in [2.05, 4.69) is 6.92 Å². The Balaban J connectivity index is 2.92. The van der Waals surface area contributed by atoms with Gasteiger partial charge in [0.1, 0.15) is 0 Å². The van der Waals surface area contributed by atoms with Gasteiger partial charge in [-0.2, -0.15) is 0 Å². The summed E-state index contributed by atoms with van der Waals surface area (Å²) in [5, 5.41) is 17.7. The SMILES string of the molecule is CCCCCCCCCC[C@@H](O)CO. The van der Waals surface area contributed by atoms with Crippen LogP contribution in [0.25, 0.3) is 0 Å². The second-order valence-electron chi connectivity index (χ2n) is 4.10. The number of unbranched alkanes of at least 4 members (excludes halogenated alkanes) is 7. The van der Waals surface area contributed by atoms with Crippen LogP contribution in [0.1, 0.15) is 64.7 Å². The smallest absolute Gasteiger partial charge is 0.0770 e. The highest BCUT2D eigenvalue weighted by Crippen LogP contribution is 2.10. The minimum absolute atomic E-state index is 0.0868. The van der Waals surface area contributed by atoms with Crippen molar-refractivity contribution in [1.29, 1.82) is 0 Å². The number of hydrogen-bond donors (Lipinski definition) is 2. The zero-order valence-electron chi connectivity index (χ0n) is 9.54. The summed E-state index contributed by atoms with van der Waals surface area (Å²) in [5.74, 6) is 0. The van der Waals surface area contributed by atoms with Gasteiger partial charge in [-0.15, -0.1) is 0 Å². The fourth-order valence-corrected chi connectivity index (χ4v) is 1.61. The lowest BCUT2D eigenvalue weighted by Crippen LogP contribution is -2.10. The van der Waals surface area contributed by atoms with Crippen LogP contribution in [0.15, 0.2) is 0 Å². The zero-order chi connectivity index (χ0) is 10.6. The largest absolute Gasteiger partial charge is 0.394 e. The Labute approximate surface area is 88.3 Å². The molecule has 1 atom stereocenters. The first-order valence-electron chi connectivity index (χ1n) is 6.10. The Hall–Kier alpha value is -0.0800. The normalized spacial score (nSPS) is 13.1. The van der Waals surface area contributed by atoms with E-state index in [0.717, 1.165) is 12.8 Å². The van der Waals surface area contributed by atoms with Crippen molar-refractivity contribution in [2.75, 3.05) is 6.61 Å². The average molecular weight is 202 g/mol. The summed E-state index contributed by atoms with van der Waals surface area (Å²) in [4.78, 5) is 0. The van der Waals surface area contributed by atoms with Crippen LogP contribution in [0, 0.1) is 0 Å². The summed E-state index contributed by atoms with van der Waals surface area (Å²) in [6.07, 6.45) is 10.5. The molecular weight excluding hydrogens is 176 g/mol. The highest BCUT2D eigenvalue weighted by molar-refractivity contribution is 4.53. The van der Waals surface area contributed by atoms with Crippen molar-refractivity contribution < 1.29 is 10.2 Å². The van der Waals surface area contributed by atoms with Gasteiger partial charge >= 0.3 is 0 Å². The number of aliphatic hydroxyl groups excluding tert-OH is 2. The molecule has 0 heterocycles. The molecule has 0 radical (unpaired) electrons. The van der Waals surface area contributed by atoms with Crippen molar-refractivity contribution in [3.63, 3.8) is 0 Å². The number of rotatable bonds is 10. The third-order valence-corrected chi connectivity index (χ3v) is 2.60. The van der Waals surface area contributed by atoms with Gasteiger partial charge in [0.05, 0.1) is 12.7 Å². The van der Waals surface area contributed by atoms with Crippen molar-refractivity contribution in [2.24, 2.45) is 0 Å². The van der Waals surface area contributed by atoms with Crippen LogP contribution in [0.4, 0.5) is 0 Å². The zero-order valence-corrected chi connectivity index (χ0v) is 9.54. The summed E-state index contributed by atoms with van der Waals surface area (Å²) in [5.41, 5.74) is 0. The molecule has 0 unspecified atom stereocenters. The molecule has 0 aliphatic carbocycles. The van der Waals surface area contributed by atoms with E-state index in [0.29, 0.717) is 0 Å². The highest BCUT2D eigenvalue weighted by atomic mass is 16.3. The van der Waals surface area contributed by atoms with Crippen LogP contribution in [-0.4, -0.2) is 22.9 Å². The highest BCUT2D eigenvalue weighted by Gasteiger charge is 2.00. The molecule has 0 aromatic heterocycles. The van der Waals surface area contributed by atoms with Crippen molar-refractivity contribution in [3.05, 3.63) is 0 Å². The molecule has 14 heavy (non-hydrogen) atoms. The first-order valence-corrected chi connectivity index (χ1v) is 6.10. The maximum absolute atomic E-state index is 9.08. The molecule has 0 aliphatic heterocycles. The van der Waals surface area contributed by atoms with E-state index in [1.54, 1.807) is 0 Å². The fraction of sp³-hybridized carbons (Fsp3) is 1.00. The summed E-state index contributed by atoms with van der Waals surface area (Å²) < 4.78 is 0. The standard InChI is InChI=1S/C12H26O2/c1-2-3-4-5-6-7-8-9-10-12(14)11-13/h12-14H,2-11H2,1H3/t12-/m1/s1. The summed E-state index contributed by atoms with van der Waals surface area (Å²) in [7, 11) is 0. The van der Waals surface area contributed by atoms with Crippen molar-refractivity contribution in [1.82, 2.24) is 0 Å². The van der Waals surface area contributed by atoms with Crippen molar-refractivity contribution in [2.45, 2.75) is 70.8 Å². The second-order valence-corrected chi connectivity index (χ2v) is 4.10. The van der Waals surface area contributed by atoms with Gasteiger partial charge in [0, 0.05) is 0 Å². The summed E-state index contributed by atoms with van der Waals surface area (Å²) >= 11 is 0. The molecule has 0 aromatic carbocycles. The van der Waals surface area contributed by atoms with Crippen LogP contribution in [0.2, 0.25) is 0 Å². The topological polar surface area (TPSA) is 40.5 Å². The molecule has 0 spiro atoms. The van der Waals surface area contributed by atoms with E-state index in [9.17, 15) is 0 Å². The first kappa shape index (κ1) is 13.9. The van der Waals surface area contributed by atoms with E-state index in [1.807, 2.05) is 0 Å². The summed E-state index contributed by atoms with van der Waals surface area (Å²) in [6.45, 7) is 2.15. The lowest BCUT2D eigenvalue weighted by molar-refractivity contribution is 0.0860. The van der Waals surface area contributed by atoms with E-state index >= 15 is 0 Å². The molecule has 0 aliphatic rings. The molecular formula is C12H26O2. The van der Waals surface area contributed by atoms with Crippen molar-refractivity contribution >= 4 is 0 Å². The van der Waals surface area contributed by atoms with Gasteiger partial charge in [-0.3, -0.25) is 0 Å². The molecule has 0 amide bonds. The van der Waals surface area contributed by atoms with Crippen LogP contribution in [-0.2, 0) is 0 Å². The molecule has 0 bridgehead atoms. The van der Waals surface area contributed by atoms with E-state index < -0.39 is 6.10 Å². The Morgan fingerprint density at radius 1 is 0.857 bits per heavy atom. The van der Waals surface area contributed by atoms with Crippen LogP contribution < -0.4 is 0 Å². The molecule has 0 saturated carbocycles. The minimum Gasteiger partial charge on any atom is -0.394 e. The van der Waals surface area contributed by atoms with Gasteiger partial charge in [-0.25, -0.2) is 0 Å². The van der Waals surface area contributed by atoms with Gasteiger partial charge in [0.25, 0.3) is 0 Å². The summed E-state index contributed by atoms with van der Waals surface area (Å²) in [6, 6.07) is 0. The van der Waals surface area contributed by atoms with Gasteiger partial charge in [0.2, 0.25) is 0 Å². The average Bonchev–Trinajstić information content (AvgIpc) is 2.21. The van der Waals surface area contributed by atoms with Gasteiger partial charge in [-0.05, 0) is 6.42 Å². The predicted octanol–water partition coefficient (Wildman–Crippen LogP) is 2.87. The van der Waals surface area contributed by atoms with Gasteiger partial charge in [-0.1, -0.05) is 58.3 Å². The maximum Gasteiger partial charge on any atom is 0.0770 e. The lowest BCUT2D eigenvalue weighted by Gasteiger charge is -2.06. The monoisotopic (exact) mass is 202 g/mol. The van der Waals surface area contributed by atoms with Crippen LogP contribution in [0.5, 0.6) is 0 Å². The Morgan fingerprint density at radius 3 is 1.86 bits per heavy atom. The van der Waals surface area contributed by atoms with Crippen molar-refractivity contribution in [3.8, 4) is 0 Å². The number of hydrogen-bond acceptors (Lipinski definition) is 2. The molecule has 0 fully saturated rings. The lowest BCUT2D eigenvalue weighted by atomic mass is 10.1. The van der Waals surface area contributed by atoms with Gasteiger partial charge in [0.15, 0.2) is 0 Å². The van der Waals surface area contributed by atoms with Gasteiger partial charge < -0.3 is 10.2 Å². The molecule has 0 rings (SSSR count). The maximum atomic E-state index is 9.08.